The van der Waals surface area contributed by atoms with Crippen molar-refractivity contribution in [3.63, 3.8) is 0 Å². The van der Waals surface area contributed by atoms with Gasteiger partial charge in [-0.05, 0) is 35.7 Å². The third-order valence-electron chi connectivity index (χ3n) is 7.26. The van der Waals surface area contributed by atoms with Crippen LogP contribution in [0.1, 0.15) is 0 Å². The maximum Gasteiger partial charge on any atom is 0.168 e. The average Bonchev–Trinajstić information content (AvgIpc) is 3.50. The number of hydrogen-bond acceptors (Lipinski definition) is 2. The quantitative estimate of drug-likeness (QED) is 0.264. The molecule has 0 N–H and O–H groups in total. The lowest BCUT2D eigenvalue weighted by atomic mass is 10.1. The topological polar surface area (TPSA) is 35.6 Å². The van der Waals surface area contributed by atoms with Crippen LogP contribution in [0.15, 0.2) is 122 Å². The van der Waals surface area contributed by atoms with Crippen LogP contribution in [0, 0.1) is 0 Å². The van der Waals surface area contributed by atoms with E-state index in [-0.39, 0.29) is 0 Å². The molecule has 168 valence electrons. The van der Waals surface area contributed by atoms with Crippen molar-refractivity contribution in [3.05, 3.63) is 122 Å². The van der Waals surface area contributed by atoms with Crippen LogP contribution in [0.3, 0.4) is 0 Å². The Hall–Kier alpha value is -4.96. The second-order valence-electron chi connectivity index (χ2n) is 9.22. The molecule has 5 aromatic carbocycles. The molecule has 0 atom stereocenters. The van der Waals surface area contributed by atoms with Crippen LogP contribution in [0.5, 0.6) is 0 Å². The summed E-state index contributed by atoms with van der Waals surface area (Å²) in [6, 6.07) is 38.7. The molecule has 36 heavy (non-hydrogen) atoms. The number of fused-ring (bicyclic) bond motifs is 7. The molecule has 4 heteroatoms. The number of para-hydroxylation sites is 1. The van der Waals surface area contributed by atoms with E-state index < -0.39 is 0 Å². The van der Waals surface area contributed by atoms with Crippen molar-refractivity contribution < 1.29 is 0 Å². The Morgan fingerprint density at radius 3 is 2.19 bits per heavy atom. The average molecular weight is 461 g/mol. The minimum atomic E-state index is 0.849. The van der Waals surface area contributed by atoms with E-state index in [1.165, 1.54) is 26.9 Å². The van der Waals surface area contributed by atoms with Crippen LogP contribution in [-0.4, -0.2) is 19.3 Å². The summed E-state index contributed by atoms with van der Waals surface area (Å²) in [7, 11) is 0. The van der Waals surface area contributed by atoms with Crippen LogP contribution in [0.4, 0.5) is 0 Å². The predicted octanol–water partition coefficient (Wildman–Crippen LogP) is 7.82. The van der Waals surface area contributed by atoms with Gasteiger partial charge in [-0.25, -0.2) is 0 Å². The molecule has 0 saturated carbocycles. The summed E-state index contributed by atoms with van der Waals surface area (Å²) in [5, 5.41) is 17.3. The van der Waals surface area contributed by atoms with E-state index in [0.29, 0.717) is 0 Å². The highest BCUT2D eigenvalue weighted by atomic mass is 15.2. The number of benzene rings is 5. The van der Waals surface area contributed by atoms with E-state index in [1.807, 2.05) is 12.3 Å². The Balaban J connectivity index is 1.59. The molecule has 4 nitrogen and oxygen atoms in total. The highest BCUT2D eigenvalue weighted by molar-refractivity contribution is 6.21. The van der Waals surface area contributed by atoms with Gasteiger partial charge in [-0.2, -0.15) is 5.10 Å². The van der Waals surface area contributed by atoms with E-state index in [4.69, 9.17) is 5.10 Å². The van der Waals surface area contributed by atoms with Gasteiger partial charge in [-0.15, -0.1) is 5.10 Å². The lowest BCUT2D eigenvalue weighted by Crippen LogP contribution is -2.01. The van der Waals surface area contributed by atoms with Crippen molar-refractivity contribution in [2.75, 3.05) is 0 Å². The lowest BCUT2D eigenvalue weighted by Gasteiger charge is -2.11. The van der Waals surface area contributed by atoms with Crippen molar-refractivity contribution in [2.45, 2.75) is 0 Å². The van der Waals surface area contributed by atoms with Gasteiger partial charge in [0, 0.05) is 44.2 Å². The van der Waals surface area contributed by atoms with Crippen molar-refractivity contribution in [1.82, 2.24) is 19.3 Å². The van der Waals surface area contributed by atoms with Gasteiger partial charge in [0.25, 0.3) is 0 Å². The van der Waals surface area contributed by atoms with Crippen LogP contribution < -0.4 is 0 Å². The molecule has 0 spiro atoms. The largest absolute Gasteiger partial charge is 0.316 e. The standard InChI is InChI=1S/C32H20N4/c1-2-10-24(11-3-1)35-17-16-22-18-28-27-15-14-21-8-4-6-12-25(21)31(27)36(30(28)19-29(22)35)32-26-13-7-5-9-23(26)20-33-34-32/h1-20H. The van der Waals surface area contributed by atoms with Gasteiger partial charge >= 0.3 is 0 Å². The van der Waals surface area contributed by atoms with E-state index in [2.05, 4.69) is 124 Å². The summed E-state index contributed by atoms with van der Waals surface area (Å²) in [6.45, 7) is 0. The van der Waals surface area contributed by atoms with Gasteiger partial charge in [0.15, 0.2) is 5.82 Å². The van der Waals surface area contributed by atoms with Crippen molar-refractivity contribution in [2.24, 2.45) is 0 Å². The molecule has 0 aliphatic rings. The molecule has 0 saturated heterocycles. The van der Waals surface area contributed by atoms with Gasteiger partial charge < -0.3 is 4.57 Å². The molecule has 0 aliphatic carbocycles. The zero-order chi connectivity index (χ0) is 23.6. The number of rotatable bonds is 2. The molecular formula is C32H20N4. The fourth-order valence-corrected chi connectivity index (χ4v) is 5.62. The summed E-state index contributed by atoms with van der Waals surface area (Å²) in [6.07, 6.45) is 3.99. The Morgan fingerprint density at radius 2 is 1.31 bits per heavy atom. The second-order valence-corrected chi connectivity index (χ2v) is 9.22. The first-order chi connectivity index (χ1) is 17.9. The minimum Gasteiger partial charge on any atom is -0.316 e. The first-order valence-corrected chi connectivity index (χ1v) is 12.1. The molecule has 8 aromatic rings. The van der Waals surface area contributed by atoms with Gasteiger partial charge in [-0.3, -0.25) is 4.57 Å². The molecule has 0 aliphatic heterocycles. The van der Waals surface area contributed by atoms with E-state index >= 15 is 0 Å². The van der Waals surface area contributed by atoms with Gasteiger partial charge in [0.1, 0.15) is 0 Å². The van der Waals surface area contributed by atoms with E-state index in [0.717, 1.165) is 38.8 Å². The zero-order valence-corrected chi connectivity index (χ0v) is 19.3. The Kier molecular flexibility index (Phi) is 3.91. The molecule has 3 aromatic heterocycles. The molecule has 3 heterocycles. The predicted molar refractivity (Wildman–Crippen MR) is 148 cm³/mol. The van der Waals surface area contributed by atoms with Gasteiger partial charge in [0.05, 0.1) is 22.7 Å². The third kappa shape index (κ3) is 2.64. The zero-order valence-electron chi connectivity index (χ0n) is 19.3. The number of hydrogen-bond donors (Lipinski definition) is 0. The smallest absolute Gasteiger partial charge is 0.168 e. The SMILES string of the molecule is c1ccc(-n2ccc3cc4c5ccc6ccccc6c5n(-c5nncc6ccccc56)c4cc32)cc1. The molecule has 8 rings (SSSR count). The van der Waals surface area contributed by atoms with Crippen molar-refractivity contribution in [1.29, 1.82) is 0 Å². The Morgan fingerprint density at radius 1 is 0.528 bits per heavy atom. The summed E-state index contributed by atoms with van der Waals surface area (Å²) in [4.78, 5) is 0. The lowest BCUT2D eigenvalue weighted by molar-refractivity contribution is 0.973. The first-order valence-electron chi connectivity index (χ1n) is 12.1. The summed E-state index contributed by atoms with van der Waals surface area (Å²) >= 11 is 0. The van der Waals surface area contributed by atoms with Gasteiger partial charge in [-0.1, -0.05) is 78.9 Å². The first kappa shape index (κ1) is 19.4. The summed E-state index contributed by atoms with van der Waals surface area (Å²) < 4.78 is 4.56. The number of aromatic nitrogens is 4. The molecule has 0 unspecified atom stereocenters. The second kappa shape index (κ2) is 7.27. The van der Waals surface area contributed by atoms with Crippen molar-refractivity contribution >= 4 is 54.3 Å². The molecule has 0 amide bonds. The fourth-order valence-electron chi connectivity index (χ4n) is 5.62. The van der Waals surface area contributed by atoms with Gasteiger partial charge in [0.2, 0.25) is 0 Å². The minimum absolute atomic E-state index is 0.849. The Labute approximate surface area is 206 Å². The van der Waals surface area contributed by atoms with Crippen LogP contribution >= 0.6 is 0 Å². The van der Waals surface area contributed by atoms with Crippen LogP contribution in [0.25, 0.3) is 65.8 Å². The van der Waals surface area contributed by atoms with E-state index in [1.54, 1.807) is 0 Å². The summed E-state index contributed by atoms with van der Waals surface area (Å²) in [5.74, 6) is 0.849. The van der Waals surface area contributed by atoms with Crippen LogP contribution in [0.2, 0.25) is 0 Å². The number of nitrogens with zero attached hydrogens (tertiary/aromatic N) is 4. The Bertz CT molecular complexity index is 2090. The molecule has 0 bridgehead atoms. The summed E-state index contributed by atoms with van der Waals surface area (Å²) in [5.41, 5.74) is 4.59. The highest BCUT2D eigenvalue weighted by Gasteiger charge is 2.19. The van der Waals surface area contributed by atoms with Crippen molar-refractivity contribution in [3.8, 4) is 11.5 Å². The maximum atomic E-state index is 4.71. The monoisotopic (exact) mass is 460 g/mol. The molecule has 0 fully saturated rings. The fraction of sp³-hybridized carbons (Fsp3) is 0. The maximum absolute atomic E-state index is 4.71. The normalized spacial score (nSPS) is 11.9. The molecular weight excluding hydrogens is 440 g/mol. The third-order valence-corrected chi connectivity index (χ3v) is 7.26. The highest BCUT2D eigenvalue weighted by Crippen LogP contribution is 2.39. The van der Waals surface area contributed by atoms with E-state index in [9.17, 15) is 0 Å². The van der Waals surface area contributed by atoms with Crippen LogP contribution in [-0.2, 0) is 0 Å². The molecule has 0 radical (unpaired) electrons.